The lowest BCUT2D eigenvalue weighted by atomic mass is 10.1. The molecule has 1 heterocycles. The monoisotopic (exact) mass is 285 g/mol. The number of nitrogens with two attached hydrogens (primary N) is 1. The van der Waals surface area contributed by atoms with E-state index in [0.29, 0.717) is 18.9 Å². The van der Waals surface area contributed by atoms with E-state index in [9.17, 15) is 4.79 Å². The maximum absolute atomic E-state index is 12.0. The smallest absolute Gasteiger partial charge is 0.239 e. The summed E-state index contributed by atoms with van der Waals surface area (Å²) in [5.41, 5.74) is 6.62. The molecule has 108 valence electrons. The van der Waals surface area contributed by atoms with Gasteiger partial charge in [-0.1, -0.05) is 19.0 Å². The van der Waals surface area contributed by atoms with Crippen LogP contribution in [0, 0.1) is 0 Å². The van der Waals surface area contributed by atoms with Crippen molar-refractivity contribution in [1.82, 2.24) is 10.1 Å². The van der Waals surface area contributed by atoms with Crippen LogP contribution in [-0.4, -0.2) is 41.1 Å². The molecule has 19 heavy (non-hydrogen) atoms. The maximum atomic E-state index is 12.0. The van der Waals surface area contributed by atoms with Crippen molar-refractivity contribution in [2.45, 2.75) is 38.8 Å². The Bertz CT molecular complexity index is 406. The van der Waals surface area contributed by atoms with E-state index in [2.05, 4.69) is 5.16 Å². The number of hydrogen-bond donors (Lipinski definition) is 1. The molecule has 0 saturated heterocycles. The number of carbonyl (C=O) groups excluding carboxylic acids is 1. The molecular weight excluding hydrogens is 262 g/mol. The quantitative estimate of drug-likeness (QED) is 0.827. The minimum absolute atomic E-state index is 0.0526. The first-order chi connectivity index (χ1) is 8.95. The van der Waals surface area contributed by atoms with Crippen LogP contribution in [0.1, 0.15) is 37.6 Å². The van der Waals surface area contributed by atoms with Crippen molar-refractivity contribution < 1.29 is 9.32 Å². The largest absolute Gasteiger partial charge is 0.361 e. The van der Waals surface area contributed by atoms with Gasteiger partial charge in [-0.3, -0.25) is 4.79 Å². The fourth-order valence-corrected chi connectivity index (χ4v) is 2.14. The van der Waals surface area contributed by atoms with E-state index in [4.69, 9.17) is 10.3 Å². The second-order valence-electron chi connectivity index (χ2n) is 4.96. The average Bonchev–Trinajstić information content (AvgIpc) is 2.83. The van der Waals surface area contributed by atoms with E-state index in [1.54, 1.807) is 23.7 Å². The summed E-state index contributed by atoms with van der Waals surface area (Å²) >= 11 is 1.69. The Hall–Kier alpha value is -1.01. The van der Waals surface area contributed by atoms with Crippen LogP contribution in [-0.2, 0) is 11.3 Å². The fourth-order valence-electron chi connectivity index (χ4n) is 1.65. The highest BCUT2D eigenvalue weighted by atomic mass is 32.2. The van der Waals surface area contributed by atoms with Crippen LogP contribution in [0.4, 0.5) is 0 Å². The van der Waals surface area contributed by atoms with E-state index in [1.165, 1.54) is 0 Å². The number of carbonyl (C=O) groups is 1. The predicted octanol–water partition coefficient (Wildman–Crippen LogP) is 1.84. The van der Waals surface area contributed by atoms with Crippen molar-refractivity contribution >= 4 is 17.7 Å². The van der Waals surface area contributed by atoms with Gasteiger partial charge < -0.3 is 15.2 Å². The fraction of sp³-hybridized carbons (Fsp3) is 0.692. The lowest BCUT2D eigenvalue weighted by Crippen LogP contribution is -2.41. The van der Waals surface area contributed by atoms with Gasteiger partial charge in [0.15, 0.2) is 0 Å². The summed E-state index contributed by atoms with van der Waals surface area (Å²) in [6, 6.07) is 1.45. The number of amides is 1. The first kappa shape index (κ1) is 16.0. The molecule has 0 bridgehead atoms. The molecule has 1 aromatic rings. The number of likely N-dealkylation sites (N-methyl/N-ethyl adjacent to an activating group) is 1. The Balaban J connectivity index is 2.53. The van der Waals surface area contributed by atoms with Gasteiger partial charge in [0.25, 0.3) is 0 Å². The summed E-state index contributed by atoms with van der Waals surface area (Å²) in [5, 5.41) is 3.97. The van der Waals surface area contributed by atoms with Gasteiger partial charge in [0, 0.05) is 19.0 Å². The summed E-state index contributed by atoms with van der Waals surface area (Å²) in [6.45, 7) is 4.51. The van der Waals surface area contributed by atoms with E-state index in [0.717, 1.165) is 17.2 Å². The van der Waals surface area contributed by atoms with Crippen LogP contribution in [0.15, 0.2) is 10.6 Å². The normalized spacial score (nSPS) is 12.7. The Labute approximate surface area is 118 Å². The number of rotatable bonds is 7. The van der Waals surface area contributed by atoms with Crippen molar-refractivity contribution in [2.75, 3.05) is 19.1 Å². The molecule has 0 unspecified atom stereocenters. The van der Waals surface area contributed by atoms with Crippen molar-refractivity contribution in [2.24, 2.45) is 5.73 Å². The Morgan fingerprint density at radius 2 is 2.26 bits per heavy atom. The highest BCUT2D eigenvalue weighted by molar-refractivity contribution is 7.98. The van der Waals surface area contributed by atoms with Gasteiger partial charge in [0.05, 0.1) is 12.6 Å². The number of thioether (sulfide) groups is 1. The molecule has 1 atom stereocenters. The van der Waals surface area contributed by atoms with Crippen molar-refractivity contribution in [1.29, 1.82) is 0 Å². The molecule has 1 aromatic heterocycles. The molecule has 2 N–H and O–H groups in total. The summed E-state index contributed by atoms with van der Waals surface area (Å²) < 4.78 is 5.21. The van der Waals surface area contributed by atoms with E-state index in [1.807, 2.05) is 26.2 Å². The lowest BCUT2D eigenvalue weighted by molar-refractivity contribution is -0.131. The van der Waals surface area contributed by atoms with Gasteiger partial charge >= 0.3 is 0 Å². The Kier molecular flexibility index (Phi) is 6.37. The molecule has 0 spiro atoms. The molecule has 0 fully saturated rings. The highest BCUT2D eigenvalue weighted by Crippen LogP contribution is 2.16. The molecule has 0 radical (unpaired) electrons. The Morgan fingerprint density at radius 3 is 2.79 bits per heavy atom. The van der Waals surface area contributed by atoms with Crippen LogP contribution < -0.4 is 5.73 Å². The minimum Gasteiger partial charge on any atom is -0.361 e. The molecule has 0 aromatic carbocycles. The third kappa shape index (κ3) is 4.87. The summed E-state index contributed by atoms with van der Waals surface area (Å²) in [5.74, 6) is 1.97. The predicted molar refractivity (Wildman–Crippen MR) is 78.0 cm³/mol. The van der Waals surface area contributed by atoms with Gasteiger partial charge in [-0.05, 0) is 18.4 Å². The third-order valence-corrected chi connectivity index (χ3v) is 3.52. The number of hydrogen-bond acceptors (Lipinski definition) is 5. The standard InChI is InChI=1S/C13H23N3O2S/c1-9(2)12-7-10(15-18-12)8-16(3)13(17)11(14)5-6-19-4/h7,9,11H,5-6,8,14H2,1-4H3/t11-/m0/s1. The van der Waals surface area contributed by atoms with Gasteiger partial charge in [-0.25, -0.2) is 0 Å². The zero-order valence-electron chi connectivity index (χ0n) is 12.0. The number of nitrogens with zero attached hydrogens (tertiary/aromatic N) is 2. The molecule has 0 aliphatic rings. The van der Waals surface area contributed by atoms with Gasteiger partial charge in [0.1, 0.15) is 11.5 Å². The first-order valence-electron chi connectivity index (χ1n) is 6.40. The van der Waals surface area contributed by atoms with Gasteiger partial charge in [0.2, 0.25) is 5.91 Å². The number of aromatic nitrogens is 1. The molecule has 5 nitrogen and oxygen atoms in total. The van der Waals surface area contributed by atoms with E-state index >= 15 is 0 Å². The Morgan fingerprint density at radius 1 is 1.58 bits per heavy atom. The van der Waals surface area contributed by atoms with Gasteiger partial charge in [-0.15, -0.1) is 0 Å². The van der Waals surface area contributed by atoms with Crippen molar-refractivity contribution in [3.05, 3.63) is 17.5 Å². The summed E-state index contributed by atoms with van der Waals surface area (Å²) in [7, 11) is 1.74. The van der Waals surface area contributed by atoms with Crippen LogP contribution in [0.2, 0.25) is 0 Å². The maximum Gasteiger partial charge on any atom is 0.239 e. The average molecular weight is 285 g/mol. The van der Waals surface area contributed by atoms with Crippen molar-refractivity contribution in [3.63, 3.8) is 0 Å². The molecule has 1 rings (SSSR count). The summed E-state index contributed by atoms with van der Waals surface area (Å²) in [6.07, 6.45) is 2.70. The van der Waals surface area contributed by atoms with E-state index in [-0.39, 0.29) is 5.91 Å². The third-order valence-electron chi connectivity index (χ3n) is 2.87. The second-order valence-corrected chi connectivity index (χ2v) is 5.94. The minimum atomic E-state index is -0.436. The molecule has 6 heteroatoms. The first-order valence-corrected chi connectivity index (χ1v) is 7.80. The van der Waals surface area contributed by atoms with E-state index < -0.39 is 6.04 Å². The molecule has 0 saturated carbocycles. The zero-order valence-corrected chi connectivity index (χ0v) is 12.9. The topological polar surface area (TPSA) is 72.4 Å². The van der Waals surface area contributed by atoms with Crippen LogP contribution >= 0.6 is 11.8 Å². The lowest BCUT2D eigenvalue weighted by Gasteiger charge is -2.19. The zero-order chi connectivity index (χ0) is 14.4. The van der Waals surface area contributed by atoms with Crippen LogP contribution in [0.3, 0.4) is 0 Å². The SMILES string of the molecule is CSCC[C@H](N)C(=O)N(C)Cc1cc(C(C)C)on1. The van der Waals surface area contributed by atoms with Gasteiger partial charge in [-0.2, -0.15) is 11.8 Å². The van der Waals surface area contributed by atoms with Crippen molar-refractivity contribution in [3.8, 4) is 0 Å². The van der Waals surface area contributed by atoms with Crippen LogP contribution in [0.25, 0.3) is 0 Å². The summed E-state index contributed by atoms with van der Waals surface area (Å²) in [4.78, 5) is 13.6. The highest BCUT2D eigenvalue weighted by Gasteiger charge is 2.19. The molecule has 1 amide bonds. The molecule has 0 aliphatic heterocycles. The molecule has 0 aliphatic carbocycles. The second kappa shape index (κ2) is 7.55. The molecular formula is C13H23N3O2S. The van der Waals surface area contributed by atoms with Crippen LogP contribution in [0.5, 0.6) is 0 Å².